The lowest BCUT2D eigenvalue weighted by Gasteiger charge is -2.23. The molecule has 0 radical (unpaired) electrons. The predicted octanol–water partition coefficient (Wildman–Crippen LogP) is 1.45. The zero-order chi connectivity index (χ0) is 9.14. The Bertz CT molecular complexity index is 124. The Kier molecular flexibility index (Phi) is 3.53. The summed E-state index contributed by atoms with van der Waals surface area (Å²) in [7, 11) is 2.19. The highest BCUT2D eigenvalue weighted by Gasteiger charge is 2.28. The maximum atomic E-state index is 6.01. The molecule has 1 saturated heterocycles. The minimum absolute atomic E-state index is 0.425. The van der Waals surface area contributed by atoms with Gasteiger partial charge in [0, 0.05) is 12.1 Å². The molecule has 12 heavy (non-hydrogen) atoms. The molecule has 2 unspecified atom stereocenters. The summed E-state index contributed by atoms with van der Waals surface area (Å²) < 4.78 is 0. The molecule has 0 spiro atoms. The summed E-state index contributed by atoms with van der Waals surface area (Å²) in [6.45, 7) is 5.74. The first-order valence-corrected chi connectivity index (χ1v) is 5.07. The molecule has 1 aliphatic heterocycles. The number of likely N-dealkylation sites (tertiary alicyclic amines) is 1. The molecule has 0 aliphatic carbocycles. The van der Waals surface area contributed by atoms with Crippen molar-refractivity contribution in [1.82, 2.24) is 4.90 Å². The molecule has 2 N–H and O–H groups in total. The van der Waals surface area contributed by atoms with Gasteiger partial charge < -0.3 is 10.6 Å². The third-order valence-electron chi connectivity index (χ3n) is 2.92. The van der Waals surface area contributed by atoms with E-state index in [9.17, 15) is 0 Å². The maximum Gasteiger partial charge on any atom is 0.0244 e. The Morgan fingerprint density at radius 2 is 2.17 bits per heavy atom. The van der Waals surface area contributed by atoms with Gasteiger partial charge in [-0.25, -0.2) is 0 Å². The summed E-state index contributed by atoms with van der Waals surface area (Å²) in [4.78, 5) is 2.41. The van der Waals surface area contributed by atoms with Crippen LogP contribution in [0.15, 0.2) is 0 Å². The van der Waals surface area contributed by atoms with E-state index in [0.29, 0.717) is 12.1 Å². The van der Waals surface area contributed by atoms with Crippen molar-refractivity contribution < 1.29 is 0 Å². The minimum Gasteiger partial charge on any atom is -0.326 e. The van der Waals surface area contributed by atoms with Crippen molar-refractivity contribution in [3.05, 3.63) is 0 Å². The number of hydrogen-bond donors (Lipinski definition) is 1. The molecule has 2 heteroatoms. The predicted molar refractivity (Wildman–Crippen MR) is 53.1 cm³/mol. The van der Waals surface area contributed by atoms with E-state index in [-0.39, 0.29) is 0 Å². The second-order valence-corrected chi connectivity index (χ2v) is 4.47. The molecule has 0 amide bonds. The fraction of sp³-hybridized carbons (Fsp3) is 1.00. The molecule has 0 aromatic heterocycles. The van der Waals surface area contributed by atoms with Crippen molar-refractivity contribution in [1.29, 1.82) is 0 Å². The fourth-order valence-electron chi connectivity index (χ4n) is 1.98. The minimum atomic E-state index is 0.425. The smallest absolute Gasteiger partial charge is 0.0244 e. The van der Waals surface area contributed by atoms with E-state index in [1.54, 1.807) is 0 Å². The van der Waals surface area contributed by atoms with Gasteiger partial charge in [-0.2, -0.15) is 0 Å². The van der Waals surface area contributed by atoms with Gasteiger partial charge >= 0.3 is 0 Å². The van der Waals surface area contributed by atoms with Gasteiger partial charge in [-0.1, -0.05) is 13.8 Å². The maximum absolute atomic E-state index is 6.01. The lowest BCUT2D eigenvalue weighted by atomic mass is 9.99. The van der Waals surface area contributed by atoms with E-state index in [0.717, 1.165) is 5.92 Å². The normalized spacial score (nSPS) is 31.8. The highest BCUT2D eigenvalue weighted by Crippen LogP contribution is 2.20. The molecule has 1 heterocycles. The number of rotatable bonds is 3. The Balaban J connectivity index is 2.29. The Morgan fingerprint density at radius 1 is 1.50 bits per heavy atom. The molecule has 2 atom stereocenters. The summed E-state index contributed by atoms with van der Waals surface area (Å²) in [6, 6.07) is 1.07. The van der Waals surface area contributed by atoms with E-state index in [1.807, 2.05) is 0 Å². The third kappa shape index (κ3) is 2.46. The van der Waals surface area contributed by atoms with Crippen molar-refractivity contribution >= 4 is 0 Å². The second kappa shape index (κ2) is 4.24. The summed E-state index contributed by atoms with van der Waals surface area (Å²) in [5.74, 6) is 0.811. The lowest BCUT2D eigenvalue weighted by Crippen LogP contribution is -2.37. The van der Waals surface area contributed by atoms with Crippen LogP contribution >= 0.6 is 0 Å². The van der Waals surface area contributed by atoms with E-state index < -0.39 is 0 Å². The molecule has 1 rings (SSSR count). The number of hydrogen-bond acceptors (Lipinski definition) is 2. The van der Waals surface area contributed by atoms with Crippen molar-refractivity contribution in [2.24, 2.45) is 11.7 Å². The van der Waals surface area contributed by atoms with Gasteiger partial charge in [-0.3, -0.25) is 0 Å². The van der Waals surface area contributed by atoms with Crippen molar-refractivity contribution in [2.45, 2.75) is 45.2 Å². The van der Waals surface area contributed by atoms with Crippen LogP contribution in [0.3, 0.4) is 0 Å². The third-order valence-corrected chi connectivity index (χ3v) is 2.92. The molecule has 0 bridgehead atoms. The Morgan fingerprint density at radius 3 is 2.58 bits per heavy atom. The molecular weight excluding hydrogens is 148 g/mol. The van der Waals surface area contributed by atoms with Crippen molar-refractivity contribution in [3.8, 4) is 0 Å². The van der Waals surface area contributed by atoms with Gasteiger partial charge in [0.15, 0.2) is 0 Å². The molecular formula is C10H22N2. The zero-order valence-electron chi connectivity index (χ0n) is 8.59. The molecule has 1 aliphatic rings. The van der Waals surface area contributed by atoms with Crippen LogP contribution in [0.5, 0.6) is 0 Å². The topological polar surface area (TPSA) is 29.3 Å². The largest absolute Gasteiger partial charge is 0.326 e. The standard InChI is InChI=1S/C10H22N2/c1-8(2)4-5-10-9(11)6-7-12(10)3/h8-10H,4-7,11H2,1-3H3. The van der Waals surface area contributed by atoms with Crippen LogP contribution < -0.4 is 5.73 Å². The van der Waals surface area contributed by atoms with Crippen LogP contribution in [-0.4, -0.2) is 30.6 Å². The van der Waals surface area contributed by atoms with Crippen LogP contribution in [0, 0.1) is 5.92 Å². The van der Waals surface area contributed by atoms with Gasteiger partial charge in [0.05, 0.1) is 0 Å². The van der Waals surface area contributed by atoms with Gasteiger partial charge in [-0.05, 0) is 38.8 Å². The average molecular weight is 170 g/mol. The Labute approximate surface area is 76.1 Å². The quantitative estimate of drug-likeness (QED) is 0.694. The van der Waals surface area contributed by atoms with Gasteiger partial charge in [0.2, 0.25) is 0 Å². The van der Waals surface area contributed by atoms with Gasteiger partial charge in [-0.15, -0.1) is 0 Å². The van der Waals surface area contributed by atoms with Crippen LogP contribution in [0.25, 0.3) is 0 Å². The monoisotopic (exact) mass is 170 g/mol. The molecule has 72 valence electrons. The Hall–Kier alpha value is -0.0800. The molecule has 0 aromatic rings. The molecule has 0 saturated carbocycles. The highest BCUT2D eigenvalue weighted by atomic mass is 15.2. The van der Waals surface area contributed by atoms with Crippen LogP contribution in [0.1, 0.15) is 33.1 Å². The number of nitrogens with zero attached hydrogens (tertiary/aromatic N) is 1. The summed E-state index contributed by atoms with van der Waals surface area (Å²) in [5.41, 5.74) is 6.01. The molecule has 0 aromatic carbocycles. The highest BCUT2D eigenvalue weighted by molar-refractivity contribution is 4.87. The zero-order valence-corrected chi connectivity index (χ0v) is 8.59. The van der Waals surface area contributed by atoms with Crippen molar-refractivity contribution in [3.63, 3.8) is 0 Å². The lowest BCUT2D eigenvalue weighted by molar-refractivity contribution is 0.269. The molecule has 1 fully saturated rings. The summed E-state index contributed by atoms with van der Waals surface area (Å²) in [6.07, 6.45) is 3.76. The number of likely N-dealkylation sites (N-methyl/N-ethyl adjacent to an activating group) is 1. The first-order valence-electron chi connectivity index (χ1n) is 5.07. The van der Waals surface area contributed by atoms with E-state index >= 15 is 0 Å². The first kappa shape index (κ1) is 10.0. The van der Waals surface area contributed by atoms with Gasteiger partial charge in [0.25, 0.3) is 0 Å². The van der Waals surface area contributed by atoms with Crippen LogP contribution in [-0.2, 0) is 0 Å². The SMILES string of the molecule is CC(C)CCC1C(N)CCN1C. The summed E-state index contributed by atoms with van der Waals surface area (Å²) in [5, 5.41) is 0. The van der Waals surface area contributed by atoms with E-state index in [4.69, 9.17) is 5.73 Å². The van der Waals surface area contributed by atoms with Crippen LogP contribution in [0.2, 0.25) is 0 Å². The van der Waals surface area contributed by atoms with E-state index in [1.165, 1.54) is 25.8 Å². The second-order valence-electron chi connectivity index (χ2n) is 4.47. The fourth-order valence-corrected chi connectivity index (χ4v) is 1.98. The number of nitrogens with two attached hydrogens (primary N) is 1. The summed E-state index contributed by atoms with van der Waals surface area (Å²) >= 11 is 0. The first-order chi connectivity index (χ1) is 5.61. The van der Waals surface area contributed by atoms with Crippen molar-refractivity contribution in [2.75, 3.05) is 13.6 Å². The van der Waals surface area contributed by atoms with Crippen LogP contribution in [0.4, 0.5) is 0 Å². The molecule has 2 nitrogen and oxygen atoms in total. The van der Waals surface area contributed by atoms with Gasteiger partial charge in [0.1, 0.15) is 0 Å². The average Bonchev–Trinajstić information content (AvgIpc) is 2.28. The van der Waals surface area contributed by atoms with E-state index in [2.05, 4.69) is 25.8 Å².